The molecule has 1 N–H and O–H groups in total. The summed E-state index contributed by atoms with van der Waals surface area (Å²) in [5.41, 5.74) is 2.77. The van der Waals surface area contributed by atoms with Gasteiger partial charge >= 0.3 is 0 Å². The number of thiophene rings is 1. The minimum atomic E-state index is -0.391. The van der Waals surface area contributed by atoms with Crippen LogP contribution in [0, 0.1) is 0 Å². The summed E-state index contributed by atoms with van der Waals surface area (Å²) in [6.45, 7) is 2.39. The molecule has 0 aliphatic carbocycles. The molecular formula is C24H23N3O3S. The predicted octanol–water partition coefficient (Wildman–Crippen LogP) is 4.61. The van der Waals surface area contributed by atoms with Crippen LogP contribution in [0.1, 0.15) is 11.8 Å². The first-order valence-electron chi connectivity index (χ1n) is 9.94. The Bertz CT molecular complexity index is 1140. The van der Waals surface area contributed by atoms with Crippen LogP contribution in [0.2, 0.25) is 0 Å². The summed E-state index contributed by atoms with van der Waals surface area (Å²) in [7, 11) is 3.88. The number of hydrogen-bond acceptors (Lipinski definition) is 6. The van der Waals surface area contributed by atoms with Gasteiger partial charge in [0.15, 0.2) is 0 Å². The second-order valence-corrected chi connectivity index (χ2v) is 8.09. The quantitative estimate of drug-likeness (QED) is 0.552. The van der Waals surface area contributed by atoms with Crippen molar-refractivity contribution >= 4 is 45.8 Å². The fourth-order valence-corrected chi connectivity index (χ4v) is 4.18. The Balaban J connectivity index is 1.76. The molecule has 1 aliphatic rings. The van der Waals surface area contributed by atoms with E-state index in [0.29, 0.717) is 29.3 Å². The summed E-state index contributed by atoms with van der Waals surface area (Å²) < 4.78 is 5.69. The third-order valence-corrected chi connectivity index (χ3v) is 5.81. The summed E-state index contributed by atoms with van der Waals surface area (Å²) in [5, 5.41) is 5.07. The zero-order valence-corrected chi connectivity index (χ0v) is 18.4. The number of hydrogen-bond donors (Lipinski definition) is 1. The van der Waals surface area contributed by atoms with Crippen molar-refractivity contribution in [1.82, 2.24) is 0 Å². The highest BCUT2D eigenvalue weighted by atomic mass is 32.1. The Morgan fingerprint density at radius 1 is 0.968 bits per heavy atom. The van der Waals surface area contributed by atoms with Crippen LogP contribution in [0.25, 0.3) is 5.57 Å². The maximum absolute atomic E-state index is 13.5. The van der Waals surface area contributed by atoms with E-state index >= 15 is 0 Å². The minimum Gasteiger partial charge on any atom is -0.492 e. The summed E-state index contributed by atoms with van der Waals surface area (Å²) in [4.78, 5) is 30.8. The van der Waals surface area contributed by atoms with Crippen molar-refractivity contribution in [2.75, 3.05) is 35.8 Å². The van der Waals surface area contributed by atoms with Gasteiger partial charge < -0.3 is 15.0 Å². The number of imide groups is 1. The number of anilines is 3. The van der Waals surface area contributed by atoms with Crippen molar-refractivity contribution in [3.8, 4) is 5.75 Å². The molecule has 0 atom stereocenters. The van der Waals surface area contributed by atoms with Gasteiger partial charge in [-0.1, -0.05) is 18.2 Å². The highest BCUT2D eigenvalue weighted by molar-refractivity contribution is 7.11. The van der Waals surface area contributed by atoms with Gasteiger partial charge in [-0.05, 0) is 54.8 Å². The van der Waals surface area contributed by atoms with E-state index in [1.165, 1.54) is 16.2 Å². The largest absolute Gasteiger partial charge is 0.492 e. The van der Waals surface area contributed by atoms with Gasteiger partial charge in [0.1, 0.15) is 11.4 Å². The molecule has 2 heterocycles. The van der Waals surface area contributed by atoms with Crippen LogP contribution < -0.4 is 19.9 Å². The number of amides is 2. The molecular weight excluding hydrogens is 410 g/mol. The standard InChI is InChI=1S/C24H23N3O3S/c1-4-30-19-9-6-5-8-18(19)25-22-21(20-10-7-15-31-20)23(28)27(24(22)29)17-13-11-16(12-14-17)26(2)3/h5-15,25H,4H2,1-3H3. The second kappa shape index (κ2) is 8.65. The third kappa shape index (κ3) is 3.92. The summed E-state index contributed by atoms with van der Waals surface area (Å²) >= 11 is 1.42. The molecule has 6 nitrogen and oxygen atoms in total. The normalized spacial score (nSPS) is 13.7. The van der Waals surface area contributed by atoms with Gasteiger partial charge in [-0.25, -0.2) is 4.90 Å². The number of ether oxygens (including phenoxy) is 1. The van der Waals surface area contributed by atoms with Gasteiger partial charge in [-0.15, -0.1) is 11.3 Å². The number of carbonyl (C=O) groups excluding carboxylic acids is 2. The third-order valence-electron chi connectivity index (χ3n) is 4.92. The molecule has 2 aromatic carbocycles. The maximum Gasteiger partial charge on any atom is 0.282 e. The van der Waals surface area contributed by atoms with Crippen molar-refractivity contribution in [2.45, 2.75) is 6.92 Å². The second-order valence-electron chi connectivity index (χ2n) is 7.14. The SMILES string of the molecule is CCOc1ccccc1NC1=C(c2cccs2)C(=O)N(c2ccc(N(C)C)cc2)C1=O. The molecule has 7 heteroatoms. The fourth-order valence-electron chi connectivity index (χ4n) is 3.42. The lowest BCUT2D eigenvalue weighted by Crippen LogP contribution is -2.32. The van der Waals surface area contributed by atoms with Crippen LogP contribution in [0.4, 0.5) is 17.1 Å². The van der Waals surface area contributed by atoms with E-state index in [2.05, 4.69) is 5.32 Å². The molecule has 0 bridgehead atoms. The lowest BCUT2D eigenvalue weighted by molar-refractivity contribution is -0.120. The molecule has 31 heavy (non-hydrogen) atoms. The smallest absolute Gasteiger partial charge is 0.282 e. The van der Waals surface area contributed by atoms with Gasteiger partial charge in [0, 0.05) is 24.7 Å². The number of para-hydroxylation sites is 2. The van der Waals surface area contributed by atoms with Crippen LogP contribution in [0.5, 0.6) is 5.75 Å². The molecule has 3 aromatic rings. The Labute approximate surface area is 185 Å². The van der Waals surface area contributed by atoms with E-state index in [9.17, 15) is 9.59 Å². The first kappa shape index (κ1) is 20.7. The Morgan fingerprint density at radius 2 is 1.71 bits per heavy atom. The van der Waals surface area contributed by atoms with Gasteiger partial charge in [-0.2, -0.15) is 0 Å². The highest BCUT2D eigenvalue weighted by Gasteiger charge is 2.41. The number of rotatable bonds is 7. The molecule has 1 aromatic heterocycles. The van der Waals surface area contributed by atoms with Gasteiger partial charge in [0.05, 0.1) is 23.6 Å². The van der Waals surface area contributed by atoms with Crippen LogP contribution >= 0.6 is 11.3 Å². The van der Waals surface area contributed by atoms with Crippen molar-refractivity contribution in [2.24, 2.45) is 0 Å². The van der Waals surface area contributed by atoms with Crippen LogP contribution in [0.3, 0.4) is 0 Å². The Kier molecular flexibility index (Phi) is 5.77. The van der Waals surface area contributed by atoms with Crippen molar-refractivity contribution in [1.29, 1.82) is 0 Å². The van der Waals surface area contributed by atoms with E-state index in [-0.39, 0.29) is 11.6 Å². The first-order chi connectivity index (χ1) is 15.0. The monoisotopic (exact) mass is 433 g/mol. The van der Waals surface area contributed by atoms with E-state index in [1.807, 2.05) is 79.8 Å². The van der Waals surface area contributed by atoms with Crippen molar-refractivity contribution in [3.05, 3.63) is 76.6 Å². The Hall–Kier alpha value is -3.58. The number of nitrogens with zero attached hydrogens (tertiary/aromatic N) is 2. The molecule has 2 amide bonds. The van der Waals surface area contributed by atoms with Gasteiger partial charge in [0.25, 0.3) is 11.8 Å². The molecule has 0 radical (unpaired) electrons. The summed E-state index contributed by atoms with van der Waals surface area (Å²) in [6, 6.07) is 18.4. The predicted molar refractivity (Wildman–Crippen MR) is 126 cm³/mol. The average molecular weight is 434 g/mol. The first-order valence-corrected chi connectivity index (χ1v) is 10.8. The average Bonchev–Trinajstić information content (AvgIpc) is 3.36. The summed E-state index contributed by atoms with van der Waals surface area (Å²) in [6.07, 6.45) is 0. The van der Waals surface area contributed by atoms with Crippen molar-refractivity contribution < 1.29 is 14.3 Å². The molecule has 0 unspecified atom stereocenters. The Morgan fingerprint density at radius 3 is 2.35 bits per heavy atom. The summed E-state index contributed by atoms with van der Waals surface area (Å²) in [5.74, 6) is -0.115. The highest BCUT2D eigenvalue weighted by Crippen LogP contribution is 2.37. The molecule has 0 spiro atoms. The minimum absolute atomic E-state index is 0.247. The zero-order valence-electron chi connectivity index (χ0n) is 17.6. The van der Waals surface area contributed by atoms with Crippen LogP contribution in [-0.4, -0.2) is 32.5 Å². The lowest BCUT2D eigenvalue weighted by Gasteiger charge is -2.18. The molecule has 158 valence electrons. The zero-order chi connectivity index (χ0) is 22.0. The molecule has 0 saturated heterocycles. The van der Waals surface area contributed by atoms with Crippen LogP contribution in [-0.2, 0) is 9.59 Å². The van der Waals surface area contributed by atoms with Crippen molar-refractivity contribution in [3.63, 3.8) is 0 Å². The molecule has 1 aliphatic heterocycles. The number of nitrogens with one attached hydrogen (secondary N) is 1. The fraction of sp³-hybridized carbons (Fsp3) is 0.167. The topological polar surface area (TPSA) is 61.9 Å². The number of carbonyl (C=O) groups is 2. The molecule has 0 fully saturated rings. The van der Waals surface area contributed by atoms with Gasteiger partial charge in [0.2, 0.25) is 0 Å². The van der Waals surface area contributed by atoms with E-state index in [1.54, 1.807) is 12.1 Å². The molecule has 4 rings (SSSR count). The van der Waals surface area contributed by atoms with E-state index < -0.39 is 5.91 Å². The lowest BCUT2D eigenvalue weighted by atomic mass is 10.1. The molecule has 0 saturated carbocycles. The van der Waals surface area contributed by atoms with E-state index in [4.69, 9.17) is 4.74 Å². The van der Waals surface area contributed by atoms with Crippen LogP contribution in [0.15, 0.2) is 71.7 Å². The van der Waals surface area contributed by atoms with E-state index in [0.717, 1.165) is 10.6 Å². The maximum atomic E-state index is 13.5. The number of benzene rings is 2. The van der Waals surface area contributed by atoms with Gasteiger partial charge in [-0.3, -0.25) is 9.59 Å².